The largest absolute Gasteiger partial charge is 0.493 e. The zero-order valence-electron chi connectivity index (χ0n) is 79.4. The highest BCUT2D eigenvalue weighted by atomic mass is 32.2. The predicted molar refractivity (Wildman–Crippen MR) is 515 cm³/mol. The number of rotatable bonds is 26. The molecule has 6 fully saturated rings. The monoisotopic (exact) mass is 2060 g/mol. The lowest BCUT2D eigenvalue weighted by molar-refractivity contribution is 0.0971. The molecule has 2 aliphatic carbocycles. The topological polar surface area (TPSA) is 397 Å². The fraction of sp³-hybridized carbons (Fsp3) is 0.417. The van der Waals surface area contributed by atoms with Crippen LogP contribution in [0.2, 0.25) is 0 Å². The first-order chi connectivity index (χ1) is 68.0. The first-order valence-corrected chi connectivity index (χ1v) is 52.6. The van der Waals surface area contributed by atoms with E-state index >= 15 is 4.39 Å². The van der Waals surface area contributed by atoms with Crippen molar-refractivity contribution in [1.82, 2.24) is 66.0 Å². The van der Waals surface area contributed by atoms with Crippen LogP contribution in [0.4, 0.5) is 53.5 Å². The van der Waals surface area contributed by atoms with Crippen LogP contribution in [0.3, 0.4) is 0 Å². The number of pyridine rings is 4. The number of halogens is 7. The Kier molecular flexibility index (Phi) is 28.9. The van der Waals surface area contributed by atoms with Crippen molar-refractivity contribution < 1.29 is 112 Å². The summed E-state index contributed by atoms with van der Waals surface area (Å²) in [5.41, 5.74) is 5.88. The minimum atomic E-state index is -4.14. The molecule has 6 aliphatic heterocycles. The number of nitrogens with one attached hydrogen (secondary N) is 4. The number of alkyl halides is 2. The molecule has 1 unspecified atom stereocenters. The molecule has 8 aromatic heterocycles. The predicted octanol–water partition coefficient (Wildman–Crippen LogP) is 13.3. The zero-order valence-corrected chi connectivity index (χ0v) is 82.6. The Balaban J connectivity index is 0.000000131. The molecule has 6 atom stereocenters. The Morgan fingerprint density at radius 3 is 1.37 bits per heavy atom. The highest BCUT2D eigenvalue weighted by Gasteiger charge is 2.43. The van der Waals surface area contributed by atoms with E-state index in [4.69, 9.17) is 28.4 Å². The van der Waals surface area contributed by atoms with Gasteiger partial charge in [0.25, 0.3) is 23.6 Å². The molecular weight excluding hydrogens is 1950 g/mol. The minimum Gasteiger partial charge on any atom is -0.493 e. The van der Waals surface area contributed by atoms with E-state index in [1.165, 1.54) is 140 Å². The summed E-state index contributed by atoms with van der Waals surface area (Å²) >= 11 is 0. The molecule has 4 amide bonds. The lowest BCUT2D eigenvalue weighted by Crippen LogP contribution is -2.42. The highest BCUT2D eigenvalue weighted by molar-refractivity contribution is 7.91. The SMILES string of the molecule is CC(C)(C)S(=O)(=O)NC(=O)c1cnn2ccc(N3C[C@@H](F)C[C@@H]3c3cc(F)ccc3OCC3CC3)cc12.CC(C)S(=O)(=O)NC(=O)c1cnn2ccc(N3CCCC3c3cc(F)c4c(c3)OCCO4)cc12.CCN(C)S(=O)(=O)NC(=O)c1cnn2ccc(N3CCC[C@@H]3c3cc(F)c4c(c3)OCCO4)cc12.CCN(C)S(=O)(=O)NC(=O)c1cnn2ccc(N3C[C@@H](F)C[C@@H]3c3cc(F)ccc3OC3CC3)c(F)c12. The summed E-state index contributed by atoms with van der Waals surface area (Å²) in [7, 11) is -13.1. The third-order valence-corrected chi connectivity index (χ3v) is 32.9. The fourth-order valence-corrected chi connectivity index (χ4v) is 20.7. The summed E-state index contributed by atoms with van der Waals surface area (Å²) in [6.07, 6.45) is 16.6. The number of nitrogens with zero attached hydrogens (tertiary/aromatic N) is 14. The van der Waals surface area contributed by atoms with Gasteiger partial charge in [-0.05, 0) is 206 Å². The Bertz CT molecular complexity index is 7390. The van der Waals surface area contributed by atoms with Crippen LogP contribution in [0.15, 0.2) is 153 Å². The Morgan fingerprint density at radius 1 is 0.483 bits per heavy atom. The van der Waals surface area contributed by atoms with Gasteiger partial charge in [-0.1, -0.05) is 13.8 Å². The van der Waals surface area contributed by atoms with E-state index in [2.05, 4.69) is 44.4 Å². The smallest absolute Gasteiger partial charge is 0.303 e. The van der Waals surface area contributed by atoms with Gasteiger partial charge in [0.1, 0.15) is 67.4 Å². The van der Waals surface area contributed by atoms with Gasteiger partial charge in [-0.25, -0.2) is 84.5 Å². The summed E-state index contributed by atoms with van der Waals surface area (Å²) in [6, 6.07) is 25.7. The van der Waals surface area contributed by atoms with Crippen LogP contribution in [-0.2, 0) is 40.5 Å². The first kappa shape index (κ1) is 101. The van der Waals surface area contributed by atoms with Crippen molar-refractivity contribution in [2.45, 2.75) is 165 Å². The van der Waals surface area contributed by atoms with Crippen molar-refractivity contribution in [1.29, 1.82) is 0 Å². The van der Waals surface area contributed by atoms with Gasteiger partial charge in [0.2, 0.25) is 20.0 Å². The van der Waals surface area contributed by atoms with E-state index in [1.54, 1.807) is 62.8 Å². The van der Waals surface area contributed by atoms with Crippen molar-refractivity contribution in [3.63, 3.8) is 0 Å². The Hall–Kier alpha value is -13.3. The Labute approximate surface area is 820 Å². The first-order valence-electron chi connectivity index (χ1n) is 46.7. The molecule has 36 nitrogen and oxygen atoms in total. The van der Waals surface area contributed by atoms with Crippen LogP contribution in [0.5, 0.6) is 34.5 Å². The lowest BCUT2D eigenvalue weighted by Gasteiger charge is -2.28. The molecule has 762 valence electrons. The molecule has 4 N–H and O–H groups in total. The summed E-state index contributed by atoms with van der Waals surface area (Å²) in [5, 5.41) is 15.8. The number of sulfonamides is 2. The number of hydrogen-bond donors (Lipinski definition) is 4. The number of fused-ring (bicyclic) bond motifs is 6. The molecule has 12 aromatic rings. The Morgan fingerprint density at radius 2 is 0.902 bits per heavy atom. The van der Waals surface area contributed by atoms with Crippen LogP contribution in [0.25, 0.3) is 22.1 Å². The molecule has 20 rings (SSSR count). The normalized spacial score (nSPS) is 19.1. The molecule has 0 bridgehead atoms. The van der Waals surface area contributed by atoms with Crippen molar-refractivity contribution in [2.24, 2.45) is 5.92 Å². The average Bonchev–Trinajstić information content (AvgIpc) is 1.59. The van der Waals surface area contributed by atoms with Gasteiger partial charge in [0.05, 0.1) is 116 Å². The third kappa shape index (κ3) is 21.7. The minimum absolute atomic E-state index is 0.0106. The van der Waals surface area contributed by atoms with E-state index in [-0.39, 0.29) is 102 Å². The third-order valence-electron chi connectivity index (χ3n) is 26.1. The summed E-state index contributed by atoms with van der Waals surface area (Å²) in [6.45, 7) is 14.4. The van der Waals surface area contributed by atoms with E-state index in [9.17, 15) is 79.2 Å². The zero-order chi connectivity index (χ0) is 102. The fourth-order valence-electron chi connectivity index (χ4n) is 17.7. The quantitative estimate of drug-likeness (QED) is 0.0366. The summed E-state index contributed by atoms with van der Waals surface area (Å²) in [4.78, 5) is 58.8. The second kappa shape index (κ2) is 40.9. The van der Waals surface area contributed by atoms with Gasteiger partial charge in [0, 0.05) is 119 Å². The van der Waals surface area contributed by atoms with Crippen LogP contribution >= 0.6 is 0 Å². The van der Waals surface area contributed by atoms with Crippen molar-refractivity contribution >= 4 is 109 Å². The van der Waals surface area contributed by atoms with Crippen LogP contribution in [0.1, 0.15) is 201 Å². The van der Waals surface area contributed by atoms with E-state index in [0.29, 0.717) is 95.3 Å². The summed E-state index contributed by atoms with van der Waals surface area (Å²) in [5.74, 6) is -3.52. The van der Waals surface area contributed by atoms with Gasteiger partial charge >= 0.3 is 20.4 Å². The molecular formula is C96H107F7N18O18S4. The average molecular weight is 2060 g/mol. The number of carbonyl (C=O) groups excluding carboxylic acids is 4. The van der Waals surface area contributed by atoms with E-state index < -0.39 is 128 Å². The number of benzene rings is 4. The lowest BCUT2D eigenvalue weighted by atomic mass is 10.0. The number of aromatic nitrogens is 8. The molecule has 8 aliphatic rings. The maximum absolute atomic E-state index is 16.0. The maximum Gasteiger partial charge on any atom is 0.303 e. The number of hydrogen-bond acceptors (Lipinski definition) is 26. The van der Waals surface area contributed by atoms with Crippen LogP contribution in [0, 0.1) is 35.0 Å². The number of anilines is 4. The molecule has 0 radical (unpaired) electrons. The van der Waals surface area contributed by atoms with E-state index in [0.717, 1.165) is 106 Å². The number of amides is 4. The van der Waals surface area contributed by atoms with Gasteiger partial charge in [-0.2, -0.15) is 45.8 Å². The van der Waals surface area contributed by atoms with Crippen LogP contribution in [-0.4, -0.2) is 219 Å². The summed E-state index contributed by atoms with van der Waals surface area (Å²) < 4.78 is 251. The number of ether oxygens (including phenoxy) is 6. The molecule has 14 heterocycles. The molecule has 47 heteroatoms. The van der Waals surface area contributed by atoms with Crippen molar-refractivity contribution in [2.75, 3.05) is 106 Å². The molecule has 4 saturated heterocycles. The second-order valence-corrected chi connectivity index (χ2v) is 45.4. The number of carbonyl (C=O) groups is 4. The second-order valence-electron chi connectivity index (χ2n) is 37.2. The molecule has 4 aromatic carbocycles. The van der Waals surface area contributed by atoms with Gasteiger partial charge in [0.15, 0.2) is 40.4 Å². The van der Waals surface area contributed by atoms with Gasteiger partial charge in [-0.15, -0.1) is 0 Å². The van der Waals surface area contributed by atoms with Gasteiger partial charge in [-0.3, -0.25) is 19.2 Å². The van der Waals surface area contributed by atoms with Crippen LogP contribution < -0.4 is 66.9 Å². The van der Waals surface area contributed by atoms with Crippen molar-refractivity contribution in [3.05, 3.63) is 226 Å². The highest BCUT2D eigenvalue weighted by Crippen LogP contribution is 2.49. The molecule has 2 saturated carbocycles. The maximum atomic E-state index is 16.0. The van der Waals surface area contributed by atoms with Crippen molar-refractivity contribution in [3.8, 4) is 34.5 Å². The van der Waals surface area contributed by atoms with Gasteiger partial charge < -0.3 is 48.0 Å². The standard InChI is InChI=1S/C26H30F2N4O4S.C24H26F3N5O4S.C23H26FN5O5S.C23H25FN4O5S/c1-26(2,3)37(34,35)30-25(33)21-13-29-32-9-8-19(12-23(21)32)31-14-18(28)11-22(31)20-10-17(27)6-7-24(20)36-15-16-4-5-16;1-3-30(2)37(34,35)29-24(33)18-12-28-32-9-8-19(22(27)23(18)32)31-13-15(26)11-20(31)17-10-14(25)4-7-21(17)36-16-5-6-16;1-3-27(2)35(31,32)26-23(30)17-14-25-29-8-6-16(13-20(17)29)28-7-4-5-19(28)15-11-18(24)22-21(12-15)33-9-10-34-22;1-14(2)34(30,31)26-23(29)17-13-25-28-7-5-16(12-20(17)28)27-6-3-4-19(27)15-10-18(24)22-21(11-15)32-8-9-33-22/h6-10,12-13,16,18,22H,4-5,11,14-15H2,1-3H3,(H,30,33);4,7-10,12,15-16,20H,3,5-6,11,13H2,1-2H3,(H,29,33);6,8,11-14,19H,3-5,7,9-10H2,1-2H3,(H,26,30);5,7,10-14,19H,3-4,6,8-9H2,1-2H3,(H,26,29)/t18-,22+;15-,20+;19-;/m001./s1. The molecule has 143 heavy (non-hydrogen) atoms. The molecule has 0 spiro atoms. The van der Waals surface area contributed by atoms with E-state index in [1.807, 2.05) is 33.9 Å².